The molecule has 0 bridgehead atoms. The van der Waals surface area contributed by atoms with Crippen molar-refractivity contribution in [2.45, 2.75) is 6.92 Å². The molecule has 0 aliphatic rings. The molecule has 0 saturated heterocycles. The van der Waals surface area contributed by atoms with Gasteiger partial charge in [0.15, 0.2) is 5.82 Å². The number of carbonyl (C=O) groups excluding carboxylic acids is 1. The van der Waals surface area contributed by atoms with Crippen molar-refractivity contribution in [2.75, 3.05) is 17.3 Å². The molecule has 6 heteroatoms. The molecular formula is C7H11N3OS2. The topological polar surface area (TPSA) is 57.8 Å². The number of aryl methyl sites for hydroxylation is 1. The molecule has 0 saturated carbocycles. The average molecular weight is 217 g/mol. The van der Waals surface area contributed by atoms with Crippen LogP contribution in [0.2, 0.25) is 0 Å². The van der Waals surface area contributed by atoms with E-state index < -0.39 is 0 Å². The van der Waals surface area contributed by atoms with Gasteiger partial charge in [0.05, 0.1) is 5.75 Å². The first-order chi connectivity index (χ1) is 6.22. The summed E-state index contributed by atoms with van der Waals surface area (Å²) in [6.07, 6.45) is 1.94. The number of rotatable bonds is 4. The Kier molecular flexibility index (Phi) is 4.17. The molecule has 0 atom stereocenters. The Bertz CT molecular complexity index is 287. The molecule has 4 nitrogen and oxygen atoms in total. The number of H-pyrrole nitrogens is 1. The number of carbonyl (C=O) groups is 1. The molecule has 0 radical (unpaired) electrons. The Morgan fingerprint density at radius 1 is 1.77 bits per heavy atom. The summed E-state index contributed by atoms with van der Waals surface area (Å²) in [5.74, 6) is 1.02. The number of anilines is 1. The zero-order chi connectivity index (χ0) is 9.68. The lowest BCUT2D eigenvalue weighted by Gasteiger charge is -1.98. The highest BCUT2D eigenvalue weighted by molar-refractivity contribution is 8.76. The molecule has 1 heterocycles. The summed E-state index contributed by atoms with van der Waals surface area (Å²) in [6, 6.07) is 1.79. The lowest BCUT2D eigenvalue weighted by molar-refractivity contribution is -0.113. The lowest BCUT2D eigenvalue weighted by Crippen LogP contribution is -2.13. The third-order valence-electron chi connectivity index (χ3n) is 1.28. The van der Waals surface area contributed by atoms with Gasteiger partial charge in [0.25, 0.3) is 0 Å². The smallest absolute Gasteiger partial charge is 0.236 e. The maximum Gasteiger partial charge on any atom is 0.236 e. The molecule has 2 N–H and O–H groups in total. The van der Waals surface area contributed by atoms with E-state index in [0.717, 1.165) is 5.69 Å². The molecule has 72 valence electrons. The molecule has 1 amide bonds. The fourth-order valence-electron chi connectivity index (χ4n) is 0.773. The third kappa shape index (κ3) is 3.73. The number of hydrogen-bond donors (Lipinski definition) is 2. The summed E-state index contributed by atoms with van der Waals surface area (Å²) in [6.45, 7) is 1.89. The zero-order valence-electron chi connectivity index (χ0n) is 7.46. The van der Waals surface area contributed by atoms with Crippen molar-refractivity contribution in [3.63, 3.8) is 0 Å². The van der Waals surface area contributed by atoms with E-state index in [1.807, 2.05) is 13.2 Å². The van der Waals surface area contributed by atoms with Crippen LogP contribution >= 0.6 is 21.6 Å². The predicted molar refractivity (Wildman–Crippen MR) is 57.9 cm³/mol. The Balaban J connectivity index is 2.36. The Morgan fingerprint density at radius 2 is 2.54 bits per heavy atom. The quantitative estimate of drug-likeness (QED) is 0.753. The normalized spacial score (nSPS) is 10.0. The lowest BCUT2D eigenvalue weighted by atomic mass is 10.5. The Morgan fingerprint density at radius 3 is 3.08 bits per heavy atom. The molecule has 0 unspecified atom stereocenters. The minimum Gasteiger partial charge on any atom is -0.308 e. The van der Waals surface area contributed by atoms with Crippen LogP contribution in [0, 0.1) is 6.92 Å². The van der Waals surface area contributed by atoms with Crippen LogP contribution < -0.4 is 5.32 Å². The van der Waals surface area contributed by atoms with Crippen LogP contribution in [0.25, 0.3) is 0 Å². The second-order valence-corrected chi connectivity index (χ2v) is 4.98. The molecule has 1 rings (SSSR count). The first-order valence-corrected chi connectivity index (χ1v) is 6.42. The average Bonchev–Trinajstić information content (AvgIpc) is 2.48. The van der Waals surface area contributed by atoms with Crippen molar-refractivity contribution in [1.29, 1.82) is 0 Å². The van der Waals surface area contributed by atoms with E-state index in [9.17, 15) is 4.79 Å². The number of amides is 1. The van der Waals surface area contributed by atoms with Gasteiger partial charge in [-0.15, -0.1) is 0 Å². The van der Waals surface area contributed by atoms with E-state index in [4.69, 9.17) is 0 Å². The van der Waals surface area contributed by atoms with Gasteiger partial charge in [0.1, 0.15) is 0 Å². The maximum atomic E-state index is 11.2. The fraction of sp³-hybridized carbons (Fsp3) is 0.429. The van der Waals surface area contributed by atoms with Gasteiger partial charge in [0, 0.05) is 11.8 Å². The monoisotopic (exact) mass is 217 g/mol. The molecule has 1 aromatic rings. The van der Waals surface area contributed by atoms with Crippen LogP contribution in [-0.2, 0) is 4.79 Å². The molecule has 0 fully saturated rings. The zero-order valence-corrected chi connectivity index (χ0v) is 9.09. The van der Waals surface area contributed by atoms with Gasteiger partial charge in [-0.2, -0.15) is 5.10 Å². The van der Waals surface area contributed by atoms with Gasteiger partial charge >= 0.3 is 0 Å². The molecular weight excluding hydrogens is 206 g/mol. The molecule has 0 aliphatic heterocycles. The van der Waals surface area contributed by atoms with Gasteiger partial charge in [0.2, 0.25) is 5.91 Å². The van der Waals surface area contributed by atoms with Crippen molar-refractivity contribution in [3.8, 4) is 0 Å². The van der Waals surface area contributed by atoms with Gasteiger partial charge in [-0.1, -0.05) is 21.6 Å². The van der Waals surface area contributed by atoms with Crippen molar-refractivity contribution in [2.24, 2.45) is 0 Å². The molecule has 0 aromatic carbocycles. The van der Waals surface area contributed by atoms with Gasteiger partial charge in [-0.05, 0) is 13.2 Å². The van der Waals surface area contributed by atoms with Crippen LogP contribution in [0.3, 0.4) is 0 Å². The summed E-state index contributed by atoms with van der Waals surface area (Å²) >= 11 is 0. The van der Waals surface area contributed by atoms with E-state index in [2.05, 4.69) is 15.5 Å². The van der Waals surface area contributed by atoms with E-state index >= 15 is 0 Å². The van der Waals surface area contributed by atoms with Crippen molar-refractivity contribution < 1.29 is 4.79 Å². The van der Waals surface area contributed by atoms with Crippen molar-refractivity contribution in [3.05, 3.63) is 11.8 Å². The number of aromatic nitrogens is 2. The van der Waals surface area contributed by atoms with E-state index in [1.165, 1.54) is 10.8 Å². The van der Waals surface area contributed by atoms with Crippen LogP contribution in [0.4, 0.5) is 5.82 Å². The standard InChI is InChI=1S/C7H11N3OS2/c1-5-3-6(10-9-5)8-7(11)4-13-12-2/h3H,4H2,1-2H3,(H2,8,9,10,11). The van der Waals surface area contributed by atoms with Crippen LogP contribution in [0.1, 0.15) is 5.69 Å². The molecule has 0 aliphatic carbocycles. The molecule has 13 heavy (non-hydrogen) atoms. The van der Waals surface area contributed by atoms with Crippen LogP contribution in [-0.4, -0.2) is 28.1 Å². The number of nitrogens with one attached hydrogen (secondary N) is 2. The summed E-state index contributed by atoms with van der Waals surface area (Å²) < 4.78 is 0. The first-order valence-electron chi connectivity index (χ1n) is 3.70. The Labute approximate surface area is 84.6 Å². The highest BCUT2D eigenvalue weighted by Gasteiger charge is 2.03. The summed E-state index contributed by atoms with van der Waals surface area (Å²) in [7, 11) is 3.08. The SMILES string of the molecule is CSSCC(=O)Nc1cc(C)[nH]n1. The van der Waals surface area contributed by atoms with Crippen molar-refractivity contribution >= 4 is 33.3 Å². The maximum absolute atomic E-state index is 11.2. The van der Waals surface area contributed by atoms with Crippen LogP contribution in [0.15, 0.2) is 6.07 Å². The largest absolute Gasteiger partial charge is 0.308 e. The van der Waals surface area contributed by atoms with Gasteiger partial charge in [-0.25, -0.2) is 0 Å². The second kappa shape index (κ2) is 5.18. The Hall–Kier alpha value is -0.620. The predicted octanol–water partition coefficient (Wildman–Crippen LogP) is 1.67. The second-order valence-electron chi connectivity index (χ2n) is 2.41. The fourth-order valence-corrected chi connectivity index (χ4v) is 1.75. The van der Waals surface area contributed by atoms with Gasteiger partial charge in [-0.3, -0.25) is 9.89 Å². The number of nitrogens with zero attached hydrogens (tertiary/aromatic N) is 1. The summed E-state index contributed by atoms with van der Waals surface area (Å²) in [4.78, 5) is 11.2. The minimum absolute atomic E-state index is 0.0224. The first kappa shape index (κ1) is 10.5. The highest BCUT2D eigenvalue weighted by Crippen LogP contribution is 2.16. The third-order valence-corrected chi connectivity index (χ3v) is 2.96. The van der Waals surface area contributed by atoms with E-state index in [0.29, 0.717) is 11.6 Å². The number of aromatic amines is 1. The molecule has 1 aromatic heterocycles. The van der Waals surface area contributed by atoms with E-state index in [1.54, 1.807) is 16.9 Å². The number of hydrogen-bond acceptors (Lipinski definition) is 4. The summed E-state index contributed by atoms with van der Waals surface area (Å²) in [5, 5.41) is 9.33. The minimum atomic E-state index is -0.0224. The molecule has 0 spiro atoms. The van der Waals surface area contributed by atoms with Crippen LogP contribution in [0.5, 0.6) is 0 Å². The summed E-state index contributed by atoms with van der Waals surface area (Å²) in [5.41, 5.74) is 0.938. The van der Waals surface area contributed by atoms with Gasteiger partial charge < -0.3 is 5.32 Å². The van der Waals surface area contributed by atoms with Crippen molar-refractivity contribution in [1.82, 2.24) is 10.2 Å². The van der Waals surface area contributed by atoms with E-state index in [-0.39, 0.29) is 5.91 Å². The highest BCUT2D eigenvalue weighted by atomic mass is 33.1.